The molecule has 1 heteroatoms. The molecule has 1 nitrogen and oxygen atoms in total. The molecule has 2 fully saturated rings. The molecule has 0 unspecified atom stereocenters. The minimum atomic E-state index is -0.0244. The summed E-state index contributed by atoms with van der Waals surface area (Å²) in [5.41, 5.74) is 9.87. The summed E-state index contributed by atoms with van der Waals surface area (Å²) in [6.45, 7) is 2.15. The van der Waals surface area contributed by atoms with Gasteiger partial charge in [0, 0.05) is 5.54 Å². The zero-order valence-corrected chi connectivity index (χ0v) is 10.8. The predicted molar refractivity (Wildman–Crippen MR) is 71.8 cm³/mol. The molecular formula is C16H23N. The van der Waals surface area contributed by atoms with Gasteiger partial charge in [-0.1, -0.05) is 49.1 Å². The Balaban J connectivity index is 1.77. The maximum Gasteiger partial charge on any atom is 0.0420 e. The minimum absolute atomic E-state index is 0.0244. The molecule has 0 bridgehead atoms. The average molecular weight is 229 g/mol. The Kier molecular flexibility index (Phi) is 2.55. The van der Waals surface area contributed by atoms with Crippen LogP contribution >= 0.6 is 0 Å². The fourth-order valence-electron chi connectivity index (χ4n) is 4.10. The molecule has 92 valence electrons. The Morgan fingerprint density at radius 1 is 1.06 bits per heavy atom. The zero-order valence-electron chi connectivity index (χ0n) is 10.8. The predicted octanol–water partition coefficient (Wildman–Crippen LogP) is 3.89. The van der Waals surface area contributed by atoms with Crippen molar-refractivity contribution in [3.8, 4) is 0 Å². The zero-order chi connectivity index (χ0) is 11.9. The van der Waals surface area contributed by atoms with Gasteiger partial charge in [-0.25, -0.2) is 0 Å². The van der Waals surface area contributed by atoms with Crippen molar-refractivity contribution in [3.05, 3.63) is 35.4 Å². The highest BCUT2D eigenvalue weighted by molar-refractivity contribution is 5.32. The van der Waals surface area contributed by atoms with Crippen molar-refractivity contribution in [2.24, 2.45) is 11.1 Å². The van der Waals surface area contributed by atoms with Crippen LogP contribution in [0.4, 0.5) is 0 Å². The van der Waals surface area contributed by atoms with E-state index >= 15 is 0 Å². The van der Waals surface area contributed by atoms with Crippen LogP contribution in [0.15, 0.2) is 24.3 Å². The fraction of sp³-hybridized carbons (Fsp3) is 0.625. The quantitative estimate of drug-likeness (QED) is 0.776. The summed E-state index contributed by atoms with van der Waals surface area (Å²) in [7, 11) is 0. The Morgan fingerprint density at radius 2 is 1.76 bits per heavy atom. The van der Waals surface area contributed by atoms with Crippen molar-refractivity contribution in [2.45, 2.75) is 57.4 Å². The normalized spacial score (nSPS) is 25.5. The smallest absolute Gasteiger partial charge is 0.0420 e. The van der Waals surface area contributed by atoms with E-state index in [1.165, 1.54) is 56.1 Å². The average Bonchev–Trinajstić information content (AvgIpc) is 2.28. The van der Waals surface area contributed by atoms with Crippen LogP contribution < -0.4 is 5.73 Å². The van der Waals surface area contributed by atoms with Gasteiger partial charge in [-0.2, -0.15) is 0 Å². The molecule has 2 aliphatic carbocycles. The first kappa shape index (κ1) is 11.3. The Labute approximate surface area is 104 Å². The number of benzene rings is 1. The van der Waals surface area contributed by atoms with E-state index in [-0.39, 0.29) is 5.54 Å². The lowest BCUT2D eigenvalue weighted by Gasteiger charge is -2.57. The van der Waals surface area contributed by atoms with Gasteiger partial charge in [0.2, 0.25) is 0 Å². The molecule has 2 saturated carbocycles. The molecule has 0 saturated heterocycles. The van der Waals surface area contributed by atoms with Crippen LogP contribution in [-0.4, -0.2) is 0 Å². The third-order valence-corrected chi connectivity index (χ3v) is 4.89. The van der Waals surface area contributed by atoms with Gasteiger partial charge in [-0.15, -0.1) is 0 Å². The number of hydrogen-bond donors (Lipinski definition) is 1. The molecule has 3 rings (SSSR count). The Morgan fingerprint density at radius 3 is 2.41 bits per heavy atom. The molecule has 2 aliphatic rings. The lowest BCUT2D eigenvalue weighted by Crippen LogP contribution is -2.56. The summed E-state index contributed by atoms with van der Waals surface area (Å²) < 4.78 is 0. The van der Waals surface area contributed by atoms with Gasteiger partial charge >= 0.3 is 0 Å². The molecule has 2 N–H and O–H groups in total. The lowest BCUT2D eigenvalue weighted by atomic mass is 9.51. The van der Waals surface area contributed by atoms with E-state index < -0.39 is 0 Å². The summed E-state index contributed by atoms with van der Waals surface area (Å²) in [6, 6.07) is 8.78. The first-order valence-electron chi connectivity index (χ1n) is 6.98. The van der Waals surface area contributed by atoms with Crippen molar-refractivity contribution in [2.75, 3.05) is 0 Å². The summed E-state index contributed by atoms with van der Waals surface area (Å²) in [4.78, 5) is 0. The molecule has 1 spiro atoms. The van der Waals surface area contributed by atoms with Crippen LogP contribution in [-0.2, 0) is 5.54 Å². The van der Waals surface area contributed by atoms with Crippen LogP contribution in [0.1, 0.15) is 56.1 Å². The van der Waals surface area contributed by atoms with E-state index in [1.807, 2.05) is 0 Å². The first-order valence-corrected chi connectivity index (χ1v) is 6.98. The number of rotatable bonds is 1. The molecule has 17 heavy (non-hydrogen) atoms. The van der Waals surface area contributed by atoms with Crippen LogP contribution in [0.5, 0.6) is 0 Å². The van der Waals surface area contributed by atoms with Crippen LogP contribution in [0, 0.1) is 12.3 Å². The SMILES string of the molecule is Cc1cccc(C2(N)CC3(CCCCC3)C2)c1. The monoisotopic (exact) mass is 229 g/mol. The van der Waals surface area contributed by atoms with E-state index in [1.54, 1.807) is 0 Å². The number of hydrogen-bond acceptors (Lipinski definition) is 1. The summed E-state index contributed by atoms with van der Waals surface area (Å²) in [5, 5.41) is 0. The highest BCUT2D eigenvalue weighted by atomic mass is 14.8. The van der Waals surface area contributed by atoms with Gasteiger partial charge in [0.1, 0.15) is 0 Å². The van der Waals surface area contributed by atoms with Crippen molar-refractivity contribution in [1.82, 2.24) is 0 Å². The van der Waals surface area contributed by atoms with Crippen LogP contribution in [0.25, 0.3) is 0 Å². The molecule has 0 heterocycles. The van der Waals surface area contributed by atoms with Gasteiger partial charge < -0.3 is 5.73 Å². The van der Waals surface area contributed by atoms with Gasteiger partial charge in [0.05, 0.1) is 0 Å². The topological polar surface area (TPSA) is 26.0 Å². The highest BCUT2D eigenvalue weighted by Gasteiger charge is 2.52. The Bertz CT molecular complexity index is 407. The summed E-state index contributed by atoms with van der Waals surface area (Å²) in [5.74, 6) is 0. The van der Waals surface area contributed by atoms with Gasteiger partial charge in [-0.05, 0) is 43.6 Å². The maximum absolute atomic E-state index is 6.60. The number of aryl methyl sites for hydroxylation is 1. The van der Waals surface area contributed by atoms with Crippen molar-refractivity contribution in [3.63, 3.8) is 0 Å². The van der Waals surface area contributed by atoms with E-state index in [0.29, 0.717) is 5.41 Å². The summed E-state index contributed by atoms with van der Waals surface area (Å²) >= 11 is 0. The van der Waals surface area contributed by atoms with Gasteiger partial charge in [0.25, 0.3) is 0 Å². The molecule has 0 radical (unpaired) electrons. The van der Waals surface area contributed by atoms with Crippen LogP contribution in [0.2, 0.25) is 0 Å². The van der Waals surface area contributed by atoms with Crippen LogP contribution in [0.3, 0.4) is 0 Å². The van der Waals surface area contributed by atoms with Gasteiger partial charge in [0.15, 0.2) is 0 Å². The van der Waals surface area contributed by atoms with Gasteiger partial charge in [-0.3, -0.25) is 0 Å². The third kappa shape index (κ3) is 1.91. The molecule has 1 aromatic carbocycles. The molecule has 1 aromatic rings. The third-order valence-electron chi connectivity index (χ3n) is 4.89. The van der Waals surface area contributed by atoms with E-state index in [4.69, 9.17) is 5.73 Å². The first-order chi connectivity index (χ1) is 8.12. The Hall–Kier alpha value is -0.820. The minimum Gasteiger partial charge on any atom is -0.321 e. The second-order valence-corrected chi connectivity index (χ2v) is 6.44. The van der Waals surface area contributed by atoms with Crippen molar-refractivity contribution in [1.29, 1.82) is 0 Å². The highest BCUT2D eigenvalue weighted by Crippen LogP contribution is 2.59. The summed E-state index contributed by atoms with van der Waals surface area (Å²) in [6.07, 6.45) is 9.53. The standard InChI is InChI=1S/C16H23N/c1-13-6-5-7-14(10-13)16(17)11-15(12-16)8-3-2-4-9-15/h5-7,10H,2-4,8-9,11-12,17H2,1H3. The second-order valence-electron chi connectivity index (χ2n) is 6.44. The van der Waals surface area contributed by atoms with E-state index in [2.05, 4.69) is 31.2 Å². The molecule has 0 atom stereocenters. The van der Waals surface area contributed by atoms with Crippen molar-refractivity contribution < 1.29 is 0 Å². The molecule has 0 aromatic heterocycles. The molecule has 0 aliphatic heterocycles. The van der Waals surface area contributed by atoms with Crippen molar-refractivity contribution >= 4 is 0 Å². The second kappa shape index (κ2) is 3.84. The largest absolute Gasteiger partial charge is 0.321 e. The fourth-order valence-corrected chi connectivity index (χ4v) is 4.10. The van der Waals surface area contributed by atoms with E-state index in [0.717, 1.165) is 0 Å². The lowest BCUT2D eigenvalue weighted by molar-refractivity contribution is -0.00992. The molecule has 0 amide bonds. The maximum atomic E-state index is 6.60. The van der Waals surface area contributed by atoms with E-state index in [9.17, 15) is 0 Å². The number of nitrogens with two attached hydrogens (primary N) is 1. The molecular weight excluding hydrogens is 206 g/mol.